The van der Waals surface area contributed by atoms with Gasteiger partial charge in [0.2, 0.25) is 5.91 Å². The summed E-state index contributed by atoms with van der Waals surface area (Å²) in [5, 5.41) is 6.07. The third-order valence-electron chi connectivity index (χ3n) is 4.22. The van der Waals surface area contributed by atoms with Gasteiger partial charge in [0.1, 0.15) is 17.3 Å². The van der Waals surface area contributed by atoms with E-state index < -0.39 is 5.66 Å². The van der Waals surface area contributed by atoms with Crippen LogP contribution in [0, 0.1) is 11.6 Å². The summed E-state index contributed by atoms with van der Waals surface area (Å²) in [5.41, 5.74) is 0.359. The average molecular weight is 328 g/mol. The van der Waals surface area contributed by atoms with Crippen molar-refractivity contribution >= 4 is 5.91 Å². The first-order valence-electron chi connectivity index (χ1n) is 7.74. The molecule has 0 fully saturated rings. The summed E-state index contributed by atoms with van der Waals surface area (Å²) < 4.78 is 27.4. The minimum Gasteiger partial charge on any atom is -0.365 e. The smallest absolute Gasteiger partial charge is 0.218 e. The van der Waals surface area contributed by atoms with Gasteiger partial charge in [0.05, 0.1) is 0 Å². The van der Waals surface area contributed by atoms with Crippen LogP contribution < -0.4 is 10.6 Å². The Labute approximate surface area is 139 Å². The van der Waals surface area contributed by atoms with E-state index in [-0.39, 0.29) is 23.5 Å². The summed E-state index contributed by atoms with van der Waals surface area (Å²) in [5.74, 6) is -1.09. The highest BCUT2D eigenvalue weighted by Gasteiger charge is 2.37. The first-order valence-corrected chi connectivity index (χ1v) is 7.74. The third kappa shape index (κ3) is 3.15. The molecule has 3 rings (SSSR count). The molecule has 0 saturated carbocycles. The van der Waals surface area contributed by atoms with Crippen molar-refractivity contribution in [1.82, 2.24) is 10.6 Å². The molecule has 2 atom stereocenters. The van der Waals surface area contributed by atoms with E-state index in [0.29, 0.717) is 17.5 Å². The number of carbonyl (C=O) groups excluding carboxylic acids is 1. The molecule has 1 amide bonds. The quantitative estimate of drug-likeness (QED) is 0.905. The molecule has 24 heavy (non-hydrogen) atoms. The fraction of sp³-hybridized carbons (Fsp3) is 0.211. The van der Waals surface area contributed by atoms with Gasteiger partial charge in [-0.3, -0.25) is 4.79 Å². The Morgan fingerprint density at radius 3 is 2.54 bits per heavy atom. The molecule has 1 aliphatic heterocycles. The lowest BCUT2D eigenvalue weighted by atomic mass is 9.82. The van der Waals surface area contributed by atoms with Gasteiger partial charge in [0, 0.05) is 19.3 Å². The van der Waals surface area contributed by atoms with Gasteiger partial charge in [-0.2, -0.15) is 0 Å². The maximum absolute atomic E-state index is 14.2. The molecule has 2 aromatic carbocycles. The second kappa shape index (κ2) is 6.43. The molecule has 0 aliphatic carbocycles. The number of hydrogen-bond acceptors (Lipinski definition) is 2. The van der Waals surface area contributed by atoms with Crippen LogP contribution in [0.3, 0.4) is 0 Å². The van der Waals surface area contributed by atoms with E-state index in [2.05, 4.69) is 10.6 Å². The third-order valence-corrected chi connectivity index (χ3v) is 4.22. The van der Waals surface area contributed by atoms with Crippen LogP contribution in [0.1, 0.15) is 30.4 Å². The minimum absolute atomic E-state index is 0.218. The van der Waals surface area contributed by atoms with Gasteiger partial charge >= 0.3 is 0 Å². The van der Waals surface area contributed by atoms with Crippen LogP contribution in [0.2, 0.25) is 0 Å². The Kier molecular flexibility index (Phi) is 4.34. The zero-order valence-corrected chi connectivity index (χ0v) is 13.2. The highest BCUT2D eigenvalue weighted by molar-refractivity contribution is 5.74. The number of rotatable bonds is 3. The standard InChI is InChI=1S/C19H18F2N2O/c1-13(24)23-19(15-6-8-16(20)9-7-15)12-14(10-11-22-19)17-4-2-3-5-18(17)21/h2-11,14,22H,12H2,1H3,(H,23,24). The predicted molar refractivity (Wildman–Crippen MR) is 87.9 cm³/mol. The van der Waals surface area contributed by atoms with Crippen LogP contribution in [-0.2, 0) is 10.5 Å². The van der Waals surface area contributed by atoms with Gasteiger partial charge in [-0.15, -0.1) is 0 Å². The summed E-state index contributed by atoms with van der Waals surface area (Å²) in [7, 11) is 0. The topological polar surface area (TPSA) is 41.1 Å². The Balaban J connectivity index is 2.01. The summed E-state index contributed by atoms with van der Waals surface area (Å²) in [4.78, 5) is 11.7. The largest absolute Gasteiger partial charge is 0.365 e. The van der Waals surface area contributed by atoms with E-state index >= 15 is 0 Å². The van der Waals surface area contributed by atoms with Crippen LogP contribution in [0.15, 0.2) is 60.8 Å². The normalized spacial score (nSPS) is 22.7. The predicted octanol–water partition coefficient (Wildman–Crippen LogP) is 3.54. The zero-order chi connectivity index (χ0) is 17.2. The summed E-state index contributed by atoms with van der Waals surface area (Å²) in [6, 6.07) is 12.5. The first-order chi connectivity index (χ1) is 11.5. The van der Waals surface area contributed by atoms with E-state index in [1.807, 2.05) is 6.08 Å². The molecule has 0 saturated heterocycles. The van der Waals surface area contributed by atoms with Crippen LogP contribution in [0.25, 0.3) is 0 Å². The van der Waals surface area contributed by atoms with Gasteiger partial charge in [-0.05, 0) is 35.5 Å². The Morgan fingerprint density at radius 2 is 1.88 bits per heavy atom. The number of allylic oxidation sites excluding steroid dienone is 1. The molecule has 2 N–H and O–H groups in total. The van der Waals surface area contributed by atoms with Crippen molar-refractivity contribution in [1.29, 1.82) is 0 Å². The average Bonchev–Trinajstić information content (AvgIpc) is 2.55. The Hall–Kier alpha value is -2.69. The van der Waals surface area contributed by atoms with Crippen molar-refractivity contribution < 1.29 is 13.6 Å². The van der Waals surface area contributed by atoms with Crippen LogP contribution in [0.4, 0.5) is 8.78 Å². The molecule has 1 aliphatic rings. The van der Waals surface area contributed by atoms with Crippen molar-refractivity contribution in [3.8, 4) is 0 Å². The minimum atomic E-state index is -0.915. The van der Waals surface area contributed by atoms with Crippen LogP contribution in [-0.4, -0.2) is 5.91 Å². The maximum Gasteiger partial charge on any atom is 0.218 e. The molecule has 0 radical (unpaired) electrons. The molecule has 0 aromatic heterocycles. The van der Waals surface area contributed by atoms with Crippen molar-refractivity contribution in [3.63, 3.8) is 0 Å². The van der Waals surface area contributed by atoms with E-state index in [4.69, 9.17) is 0 Å². The van der Waals surface area contributed by atoms with Crippen molar-refractivity contribution in [2.24, 2.45) is 0 Å². The molecule has 3 nitrogen and oxygen atoms in total. The van der Waals surface area contributed by atoms with E-state index in [9.17, 15) is 13.6 Å². The number of benzene rings is 2. The lowest BCUT2D eigenvalue weighted by molar-refractivity contribution is -0.121. The van der Waals surface area contributed by atoms with Crippen molar-refractivity contribution in [2.75, 3.05) is 0 Å². The monoisotopic (exact) mass is 328 g/mol. The molecule has 1 heterocycles. The number of nitrogens with one attached hydrogen (secondary N) is 2. The second-order valence-electron chi connectivity index (χ2n) is 5.93. The number of hydrogen-bond donors (Lipinski definition) is 2. The molecule has 2 aromatic rings. The lowest BCUT2D eigenvalue weighted by Crippen LogP contribution is -2.55. The lowest BCUT2D eigenvalue weighted by Gasteiger charge is -2.40. The fourth-order valence-corrected chi connectivity index (χ4v) is 3.15. The van der Waals surface area contributed by atoms with Crippen LogP contribution >= 0.6 is 0 Å². The number of carbonyl (C=O) groups is 1. The summed E-state index contributed by atoms with van der Waals surface area (Å²) >= 11 is 0. The van der Waals surface area contributed by atoms with Gasteiger partial charge in [-0.25, -0.2) is 8.78 Å². The fourth-order valence-electron chi connectivity index (χ4n) is 3.15. The maximum atomic E-state index is 14.2. The number of halogens is 2. The summed E-state index contributed by atoms with van der Waals surface area (Å²) in [6.45, 7) is 1.42. The molecule has 0 bridgehead atoms. The van der Waals surface area contributed by atoms with Crippen molar-refractivity contribution in [3.05, 3.63) is 83.6 Å². The Morgan fingerprint density at radius 1 is 1.17 bits per heavy atom. The molecule has 2 unspecified atom stereocenters. The van der Waals surface area contributed by atoms with E-state index in [1.54, 1.807) is 36.5 Å². The highest BCUT2D eigenvalue weighted by Crippen LogP contribution is 2.36. The molecule has 0 spiro atoms. The van der Waals surface area contributed by atoms with Crippen molar-refractivity contribution in [2.45, 2.75) is 24.9 Å². The van der Waals surface area contributed by atoms with E-state index in [0.717, 1.165) is 0 Å². The van der Waals surface area contributed by atoms with E-state index in [1.165, 1.54) is 25.1 Å². The highest BCUT2D eigenvalue weighted by atomic mass is 19.1. The number of amides is 1. The zero-order valence-electron chi connectivity index (χ0n) is 13.2. The van der Waals surface area contributed by atoms with Gasteiger partial charge < -0.3 is 10.6 Å². The van der Waals surface area contributed by atoms with Gasteiger partial charge in [0.25, 0.3) is 0 Å². The summed E-state index contributed by atoms with van der Waals surface area (Å²) in [6.07, 6.45) is 3.98. The molecule has 124 valence electrons. The molecule has 5 heteroatoms. The van der Waals surface area contributed by atoms with Gasteiger partial charge in [0.15, 0.2) is 0 Å². The Bertz CT molecular complexity index is 773. The SMILES string of the molecule is CC(=O)NC1(c2ccc(F)cc2)CC(c2ccccc2F)C=CN1. The second-order valence-corrected chi connectivity index (χ2v) is 5.93. The van der Waals surface area contributed by atoms with Crippen LogP contribution in [0.5, 0.6) is 0 Å². The van der Waals surface area contributed by atoms with Gasteiger partial charge in [-0.1, -0.05) is 36.4 Å². The first kappa shape index (κ1) is 16.2. The molecular formula is C19H18F2N2O. The molecular weight excluding hydrogens is 310 g/mol.